The zero-order valence-electron chi connectivity index (χ0n) is 5.13. The highest BCUT2D eigenvalue weighted by molar-refractivity contribution is 8.00. The van der Waals surface area contributed by atoms with Gasteiger partial charge in [0.05, 0.1) is 5.69 Å². The quantitative estimate of drug-likeness (QED) is 0.663. The molecule has 1 heterocycles. The molecule has 2 N–H and O–H groups in total. The van der Waals surface area contributed by atoms with E-state index in [-0.39, 0.29) is 0 Å². The molecule has 1 aromatic heterocycles. The first-order valence-corrected chi connectivity index (χ1v) is 4.65. The van der Waals surface area contributed by atoms with Crippen LogP contribution in [-0.2, 0) is 6.54 Å². The van der Waals surface area contributed by atoms with Crippen molar-refractivity contribution < 1.29 is 0 Å². The van der Waals surface area contributed by atoms with Crippen molar-refractivity contribution in [2.75, 3.05) is 6.26 Å². The molecule has 0 aliphatic rings. The second kappa shape index (κ2) is 3.20. The van der Waals surface area contributed by atoms with Gasteiger partial charge in [0.25, 0.3) is 0 Å². The lowest BCUT2D eigenvalue weighted by atomic mass is 10.5. The predicted octanol–water partition coefficient (Wildman–Crippen LogP) is 1.32. The van der Waals surface area contributed by atoms with Gasteiger partial charge in [0, 0.05) is 11.9 Å². The van der Waals surface area contributed by atoms with E-state index < -0.39 is 0 Å². The summed E-state index contributed by atoms with van der Waals surface area (Å²) < 4.78 is 1.09. The molecule has 0 radical (unpaired) electrons. The standard InChI is InChI=1S/C5H8N2S2/c1-8-5-7-4(2-6)3-9-5/h3H,2,6H2,1H3. The van der Waals surface area contributed by atoms with E-state index in [1.165, 1.54) is 0 Å². The Morgan fingerprint density at radius 2 is 2.67 bits per heavy atom. The third kappa shape index (κ3) is 1.67. The Balaban J connectivity index is 2.74. The van der Waals surface area contributed by atoms with E-state index in [9.17, 15) is 0 Å². The molecule has 0 aliphatic heterocycles. The predicted molar refractivity (Wildman–Crippen MR) is 41.8 cm³/mol. The molecule has 4 heteroatoms. The van der Waals surface area contributed by atoms with Crippen LogP contribution < -0.4 is 5.73 Å². The van der Waals surface area contributed by atoms with E-state index in [1.807, 2.05) is 11.6 Å². The van der Waals surface area contributed by atoms with Crippen LogP contribution >= 0.6 is 23.1 Å². The van der Waals surface area contributed by atoms with Crippen molar-refractivity contribution in [3.8, 4) is 0 Å². The Hall–Kier alpha value is -0.0600. The summed E-state index contributed by atoms with van der Waals surface area (Å²) in [6.45, 7) is 0.553. The van der Waals surface area contributed by atoms with E-state index in [2.05, 4.69) is 4.98 Å². The average Bonchev–Trinajstić information content (AvgIpc) is 2.34. The Morgan fingerprint density at radius 1 is 1.89 bits per heavy atom. The molecular weight excluding hydrogens is 152 g/mol. The van der Waals surface area contributed by atoms with Gasteiger partial charge in [-0.2, -0.15) is 0 Å². The molecule has 50 valence electrons. The van der Waals surface area contributed by atoms with Gasteiger partial charge in [-0.1, -0.05) is 11.8 Å². The Bertz CT molecular complexity index is 166. The lowest BCUT2D eigenvalue weighted by Crippen LogP contribution is -1.95. The van der Waals surface area contributed by atoms with Gasteiger partial charge in [-0.25, -0.2) is 4.98 Å². The Kier molecular flexibility index (Phi) is 2.50. The molecular formula is C5H8N2S2. The van der Waals surface area contributed by atoms with Crippen LogP contribution in [0.5, 0.6) is 0 Å². The number of thioether (sulfide) groups is 1. The molecule has 1 rings (SSSR count). The van der Waals surface area contributed by atoms with Crippen molar-refractivity contribution in [3.05, 3.63) is 11.1 Å². The van der Waals surface area contributed by atoms with Gasteiger partial charge < -0.3 is 5.73 Å². The first kappa shape index (κ1) is 7.05. The Labute approximate surface area is 62.5 Å². The fourth-order valence-electron chi connectivity index (χ4n) is 0.476. The minimum Gasteiger partial charge on any atom is -0.325 e. The molecule has 0 atom stereocenters. The van der Waals surface area contributed by atoms with Crippen LogP contribution in [0.25, 0.3) is 0 Å². The highest BCUT2D eigenvalue weighted by Crippen LogP contribution is 2.18. The molecule has 0 saturated carbocycles. The van der Waals surface area contributed by atoms with Crippen LogP contribution in [0.1, 0.15) is 5.69 Å². The van der Waals surface area contributed by atoms with E-state index in [1.54, 1.807) is 23.1 Å². The van der Waals surface area contributed by atoms with Gasteiger partial charge in [-0.15, -0.1) is 11.3 Å². The lowest BCUT2D eigenvalue weighted by Gasteiger charge is -1.83. The van der Waals surface area contributed by atoms with Crippen molar-refractivity contribution in [2.24, 2.45) is 5.73 Å². The minimum absolute atomic E-state index is 0.553. The summed E-state index contributed by atoms with van der Waals surface area (Å²) in [5.74, 6) is 0. The van der Waals surface area contributed by atoms with E-state index in [4.69, 9.17) is 5.73 Å². The SMILES string of the molecule is CSc1nc(CN)cs1. The van der Waals surface area contributed by atoms with Crippen LogP contribution in [0.4, 0.5) is 0 Å². The summed E-state index contributed by atoms with van der Waals surface area (Å²) >= 11 is 3.30. The molecule has 0 unspecified atom stereocenters. The second-order valence-corrected chi connectivity index (χ2v) is 3.42. The van der Waals surface area contributed by atoms with Crippen molar-refractivity contribution in [1.29, 1.82) is 0 Å². The summed E-state index contributed by atoms with van der Waals surface area (Å²) in [6.07, 6.45) is 2.01. The third-order valence-corrected chi connectivity index (χ3v) is 2.83. The summed E-state index contributed by atoms with van der Waals surface area (Å²) in [5.41, 5.74) is 6.34. The molecule has 0 aromatic carbocycles. The van der Waals surface area contributed by atoms with Crippen LogP contribution in [0, 0.1) is 0 Å². The van der Waals surface area contributed by atoms with Gasteiger partial charge in [0.15, 0.2) is 0 Å². The highest BCUT2D eigenvalue weighted by atomic mass is 32.2. The number of rotatable bonds is 2. The molecule has 0 fully saturated rings. The van der Waals surface area contributed by atoms with Gasteiger partial charge in [-0.05, 0) is 6.26 Å². The molecule has 0 bridgehead atoms. The summed E-state index contributed by atoms with van der Waals surface area (Å²) in [7, 11) is 0. The van der Waals surface area contributed by atoms with Gasteiger partial charge >= 0.3 is 0 Å². The Morgan fingerprint density at radius 3 is 3.00 bits per heavy atom. The zero-order valence-corrected chi connectivity index (χ0v) is 6.76. The van der Waals surface area contributed by atoms with Crippen LogP contribution in [0.15, 0.2) is 9.72 Å². The van der Waals surface area contributed by atoms with E-state index >= 15 is 0 Å². The van der Waals surface area contributed by atoms with Crippen molar-refractivity contribution >= 4 is 23.1 Å². The number of aromatic nitrogens is 1. The second-order valence-electron chi connectivity index (χ2n) is 1.51. The largest absolute Gasteiger partial charge is 0.325 e. The fourth-order valence-corrected chi connectivity index (χ4v) is 1.77. The van der Waals surface area contributed by atoms with Gasteiger partial charge in [0.2, 0.25) is 0 Å². The average molecular weight is 160 g/mol. The first-order chi connectivity index (χ1) is 4.36. The number of hydrogen-bond acceptors (Lipinski definition) is 4. The maximum Gasteiger partial charge on any atom is 0.149 e. The van der Waals surface area contributed by atoms with Crippen molar-refractivity contribution in [1.82, 2.24) is 4.98 Å². The minimum atomic E-state index is 0.553. The number of nitrogens with zero attached hydrogens (tertiary/aromatic N) is 1. The van der Waals surface area contributed by atoms with Gasteiger partial charge in [-0.3, -0.25) is 0 Å². The first-order valence-electron chi connectivity index (χ1n) is 2.55. The van der Waals surface area contributed by atoms with Crippen molar-refractivity contribution in [2.45, 2.75) is 10.9 Å². The summed E-state index contributed by atoms with van der Waals surface area (Å²) in [6, 6.07) is 0. The monoisotopic (exact) mass is 160 g/mol. The highest BCUT2D eigenvalue weighted by Gasteiger charge is 1.95. The summed E-state index contributed by atoms with van der Waals surface area (Å²) in [4.78, 5) is 4.20. The van der Waals surface area contributed by atoms with Gasteiger partial charge in [0.1, 0.15) is 4.34 Å². The van der Waals surface area contributed by atoms with E-state index in [0.717, 1.165) is 10.0 Å². The molecule has 1 aromatic rings. The number of thiazole rings is 1. The van der Waals surface area contributed by atoms with Crippen molar-refractivity contribution in [3.63, 3.8) is 0 Å². The van der Waals surface area contributed by atoms with Crippen LogP contribution in [0.3, 0.4) is 0 Å². The molecule has 9 heavy (non-hydrogen) atoms. The number of hydrogen-bond donors (Lipinski definition) is 1. The smallest absolute Gasteiger partial charge is 0.149 e. The summed E-state index contributed by atoms with van der Waals surface area (Å²) in [5, 5.41) is 1.99. The normalized spacial score (nSPS) is 10.0. The zero-order chi connectivity index (χ0) is 6.69. The molecule has 0 amide bonds. The molecule has 0 spiro atoms. The van der Waals surface area contributed by atoms with Crippen LogP contribution in [0.2, 0.25) is 0 Å². The maximum absolute atomic E-state index is 5.35. The molecule has 0 aliphatic carbocycles. The number of nitrogens with two attached hydrogens (primary N) is 1. The topological polar surface area (TPSA) is 38.9 Å². The maximum atomic E-state index is 5.35. The third-order valence-electron chi connectivity index (χ3n) is 0.914. The molecule has 2 nitrogen and oxygen atoms in total. The lowest BCUT2D eigenvalue weighted by molar-refractivity contribution is 0.984. The van der Waals surface area contributed by atoms with E-state index in [0.29, 0.717) is 6.54 Å². The fraction of sp³-hybridized carbons (Fsp3) is 0.400. The van der Waals surface area contributed by atoms with Crippen LogP contribution in [-0.4, -0.2) is 11.2 Å². The molecule has 0 saturated heterocycles.